The molecule has 0 radical (unpaired) electrons. The maximum absolute atomic E-state index is 13.6. The zero-order valence-corrected chi connectivity index (χ0v) is 20.6. The standard InChI is InChI=1S/C27H26N6O5/c1-2-24(35)30-11-9-20-25-21(32(29-20)19-7-5-17(6-8-19)16-3-4-16)10-12-31(22(25)15-30)27(36)18-13-23(34)26(28-14-18)33(37)38/h2,5-8,13-14,16,22,34H,1,3-4,9-12,15H2/t22-/m1/s1. The quantitative estimate of drug-likeness (QED) is 0.314. The van der Waals surface area contributed by atoms with Crippen molar-refractivity contribution in [2.24, 2.45) is 0 Å². The first-order valence-electron chi connectivity index (χ1n) is 12.6. The topological polar surface area (TPSA) is 135 Å². The molecule has 1 fully saturated rings. The van der Waals surface area contributed by atoms with Gasteiger partial charge < -0.3 is 25.0 Å². The van der Waals surface area contributed by atoms with Gasteiger partial charge in [-0.1, -0.05) is 18.7 Å². The summed E-state index contributed by atoms with van der Waals surface area (Å²) in [7, 11) is 0. The third-order valence-electron chi connectivity index (χ3n) is 7.61. The molecule has 2 amide bonds. The minimum atomic E-state index is -0.807. The molecule has 194 valence electrons. The Bertz CT molecular complexity index is 1480. The Hall–Kier alpha value is -4.54. The Balaban J connectivity index is 1.39. The van der Waals surface area contributed by atoms with Gasteiger partial charge in [0.1, 0.15) is 0 Å². The summed E-state index contributed by atoms with van der Waals surface area (Å²) in [5.74, 6) is -1.39. The van der Waals surface area contributed by atoms with Crippen LogP contribution in [0.15, 0.2) is 49.2 Å². The Morgan fingerprint density at radius 1 is 1.16 bits per heavy atom. The minimum Gasteiger partial charge on any atom is -0.501 e. The van der Waals surface area contributed by atoms with E-state index >= 15 is 0 Å². The van der Waals surface area contributed by atoms with E-state index in [2.05, 4.69) is 35.8 Å². The second-order valence-electron chi connectivity index (χ2n) is 9.91. The number of amides is 2. The highest BCUT2D eigenvalue weighted by atomic mass is 16.6. The molecule has 3 aliphatic rings. The lowest BCUT2D eigenvalue weighted by molar-refractivity contribution is -0.390. The van der Waals surface area contributed by atoms with Gasteiger partial charge in [-0.2, -0.15) is 5.10 Å². The van der Waals surface area contributed by atoms with Crippen LogP contribution in [0.3, 0.4) is 0 Å². The van der Waals surface area contributed by atoms with Gasteiger partial charge in [-0.25, -0.2) is 4.68 Å². The van der Waals surface area contributed by atoms with Crippen LogP contribution >= 0.6 is 0 Å². The van der Waals surface area contributed by atoms with E-state index < -0.39 is 28.4 Å². The lowest BCUT2D eigenvalue weighted by atomic mass is 9.95. The molecule has 2 aliphatic heterocycles. The number of rotatable bonds is 5. The first kappa shape index (κ1) is 23.8. The summed E-state index contributed by atoms with van der Waals surface area (Å²) >= 11 is 0. The summed E-state index contributed by atoms with van der Waals surface area (Å²) in [6.07, 6.45) is 5.90. The Kier molecular flexibility index (Phi) is 5.70. The van der Waals surface area contributed by atoms with Gasteiger partial charge in [-0.05, 0) is 52.4 Å². The molecule has 6 rings (SSSR count). The van der Waals surface area contributed by atoms with Gasteiger partial charge in [0.05, 0.1) is 28.7 Å². The lowest BCUT2D eigenvalue weighted by Gasteiger charge is -2.37. The lowest BCUT2D eigenvalue weighted by Crippen LogP contribution is -2.45. The number of carbonyl (C=O) groups is 2. The number of hydrogen-bond donors (Lipinski definition) is 1. The van der Waals surface area contributed by atoms with Gasteiger partial charge in [0, 0.05) is 44.1 Å². The Morgan fingerprint density at radius 2 is 1.92 bits per heavy atom. The number of nitro groups is 1. The maximum atomic E-state index is 13.6. The molecule has 11 nitrogen and oxygen atoms in total. The van der Waals surface area contributed by atoms with E-state index in [1.54, 1.807) is 9.80 Å². The molecule has 0 spiro atoms. The van der Waals surface area contributed by atoms with Crippen LogP contribution in [0.25, 0.3) is 5.69 Å². The normalized spacial score (nSPS) is 18.5. The van der Waals surface area contributed by atoms with Crippen molar-refractivity contribution in [3.05, 3.63) is 87.4 Å². The largest absolute Gasteiger partial charge is 0.501 e. The molecule has 3 aromatic rings. The molecule has 4 heterocycles. The van der Waals surface area contributed by atoms with Crippen molar-refractivity contribution < 1.29 is 19.6 Å². The Morgan fingerprint density at radius 3 is 2.58 bits per heavy atom. The molecule has 0 unspecified atom stereocenters. The third-order valence-corrected chi connectivity index (χ3v) is 7.61. The van der Waals surface area contributed by atoms with Gasteiger partial charge >= 0.3 is 5.82 Å². The average molecular weight is 515 g/mol. The fraction of sp³-hybridized carbons (Fsp3) is 0.333. The molecule has 1 aliphatic carbocycles. The van der Waals surface area contributed by atoms with Crippen molar-refractivity contribution in [1.82, 2.24) is 24.6 Å². The molecule has 11 heteroatoms. The highest BCUT2D eigenvalue weighted by Crippen LogP contribution is 2.41. The van der Waals surface area contributed by atoms with Gasteiger partial charge in [-0.15, -0.1) is 0 Å². The van der Waals surface area contributed by atoms with Crippen LogP contribution < -0.4 is 0 Å². The van der Waals surface area contributed by atoms with Crippen molar-refractivity contribution in [3.8, 4) is 11.4 Å². The molecular weight excluding hydrogens is 488 g/mol. The van der Waals surface area contributed by atoms with Gasteiger partial charge in [0.15, 0.2) is 6.20 Å². The predicted molar refractivity (Wildman–Crippen MR) is 136 cm³/mol. The van der Waals surface area contributed by atoms with Crippen molar-refractivity contribution in [2.75, 3.05) is 19.6 Å². The maximum Gasteiger partial charge on any atom is 0.405 e. The number of benzene rings is 1. The van der Waals surface area contributed by atoms with Crippen molar-refractivity contribution >= 4 is 17.6 Å². The van der Waals surface area contributed by atoms with Crippen LogP contribution in [0.2, 0.25) is 0 Å². The van der Waals surface area contributed by atoms with Crippen LogP contribution in [0.5, 0.6) is 5.75 Å². The molecule has 1 saturated carbocycles. The van der Waals surface area contributed by atoms with Gasteiger partial charge in [0.2, 0.25) is 11.7 Å². The SMILES string of the molecule is C=CC(=O)N1CCc2nn(-c3ccc(C4CC4)cc3)c3c2[C@@H](C1)N(C(=O)c1cnc([N+](=O)[O-])c(O)c1)CC3. The highest BCUT2D eigenvalue weighted by Gasteiger charge is 2.40. The highest BCUT2D eigenvalue weighted by molar-refractivity contribution is 5.95. The minimum absolute atomic E-state index is 0.0343. The monoisotopic (exact) mass is 514 g/mol. The van der Waals surface area contributed by atoms with E-state index in [1.165, 1.54) is 24.5 Å². The fourth-order valence-corrected chi connectivity index (χ4v) is 5.55. The van der Waals surface area contributed by atoms with Crippen molar-refractivity contribution in [3.63, 3.8) is 0 Å². The summed E-state index contributed by atoms with van der Waals surface area (Å²) in [5, 5.41) is 26.1. The van der Waals surface area contributed by atoms with Crippen LogP contribution in [0, 0.1) is 10.1 Å². The van der Waals surface area contributed by atoms with E-state index in [4.69, 9.17) is 5.10 Å². The van der Waals surface area contributed by atoms with Crippen LogP contribution in [-0.4, -0.2) is 66.0 Å². The second-order valence-corrected chi connectivity index (χ2v) is 9.91. The first-order chi connectivity index (χ1) is 18.4. The van der Waals surface area contributed by atoms with Gasteiger partial charge in [-0.3, -0.25) is 9.59 Å². The van der Waals surface area contributed by atoms with Crippen LogP contribution in [0.4, 0.5) is 5.82 Å². The molecule has 0 bridgehead atoms. The zero-order chi connectivity index (χ0) is 26.6. The van der Waals surface area contributed by atoms with E-state index in [0.717, 1.165) is 34.9 Å². The van der Waals surface area contributed by atoms with Crippen LogP contribution in [0.1, 0.15) is 57.7 Å². The number of nitrogens with zero attached hydrogens (tertiary/aromatic N) is 6. The summed E-state index contributed by atoms with van der Waals surface area (Å²) < 4.78 is 1.96. The van der Waals surface area contributed by atoms with E-state index in [1.807, 2.05) is 4.68 Å². The number of aromatic nitrogens is 3. The van der Waals surface area contributed by atoms with Crippen LogP contribution in [-0.2, 0) is 17.6 Å². The van der Waals surface area contributed by atoms with E-state index in [9.17, 15) is 24.8 Å². The fourth-order valence-electron chi connectivity index (χ4n) is 5.55. The number of hydrogen-bond acceptors (Lipinski definition) is 7. The summed E-state index contributed by atoms with van der Waals surface area (Å²) in [6.45, 7) is 4.65. The third kappa shape index (κ3) is 4.00. The molecule has 38 heavy (non-hydrogen) atoms. The second kappa shape index (κ2) is 9.09. The molecular formula is C27H26N6O5. The summed E-state index contributed by atoms with van der Waals surface area (Å²) in [6, 6.07) is 9.06. The molecule has 1 aromatic carbocycles. The van der Waals surface area contributed by atoms with Gasteiger partial charge in [0.25, 0.3) is 5.91 Å². The smallest absolute Gasteiger partial charge is 0.405 e. The predicted octanol–water partition coefficient (Wildman–Crippen LogP) is 3.07. The number of carbonyl (C=O) groups excluding carboxylic acids is 2. The Labute approximate surface area is 218 Å². The van der Waals surface area contributed by atoms with Crippen molar-refractivity contribution in [1.29, 1.82) is 0 Å². The molecule has 2 aromatic heterocycles. The van der Waals surface area contributed by atoms with E-state index in [0.29, 0.717) is 31.8 Å². The van der Waals surface area contributed by atoms with E-state index in [-0.39, 0.29) is 18.0 Å². The molecule has 0 saturated heterocycles. The molecule has 1 atom stereocenters. The summed E-state index contributed by atoms with van der Waals surface area (Å²) in [4.78, 5) is 43.5. The first-order valence-corrected chi connectivity index (χ1v) is 12.6. The number of pyridine rings is 1. The summed E-state index contributed by atoms with van der Waals surface area (Å²) in [5.41, 5.74) is 5.09. The molecule has 1 N–H and O–H groups in total. The average Bonchev–Trinajstić information content (AvgIpc) is 3.73. The number of aromatic hydroxyl groups is 1. The van der Waals surface area contributed by atoms with Crippen molar-refractivity contribution in [2.45, 2.75) is 37.6 Å². The zero-order valence-electron chi connectivity index (χ0n) is 20.6.